The highest BCUT2D eigenvalue weighted by Gasteiger charge is 2.39. The number of likely N-dealkylation sites (tertiary alicyclic amines) is 1. The van der Waals surface area contributed by atoms with Crippen molar-refractivity contribution in [2.45, 2.75) is 75.9 Å². The van der Waals surface area contributed by atoms with E-state index in [4.69, 9.17) is 22.1 Å². The number of nitrogen functional groups attached to an aromatic ring is 1. The average Bonchev–Trinajstić information content (AvgIpc) is 3.58. The zero-order valence-electron chi connectivity index (χ0n) is 18.4. The second kappa shape index (κ2) is 9.97. The number of ether oxygens (including phenoxy) is 1. The van der Waals surface area contributed by atoms with Crippen molar-refractivity contribution in [1.82, 2.24) is 5.32 Å². The molecular weight excluding hydrogens is 414 g/mol. The maximum atomic E-state index is 13.5. The molecule has 1 aromatic rings. The van der Waals surface area contributed by atoms with Gasteiger partial charge >= 0.3 is 0 Å². The lowest BCUT2D eigenvalue weighted by molar-refractivity contribution is -0.903. The van der Waals surface area contributed by atoms with Crippen molar-refractivity contribution in [1.29, 1.82) is 0 Å². The van der Waals surface area contributed by atoms with Gasteiger partial charge in [0, 0.05) is 12.5 Å². The predicted octanol–water partition coefficient (Wildman–Crippen LogP) is 2.57. The Balaban J connectivity index is 1.51. The molecule has 2 saturated carbocycles. The molecule has 5 N–H and O–H groups in total. The molecule has 1 saturated heterocycles. The van der Waals surface area contributed by atoms with Crippen molar-refractivity contribution in [2.24, 2.45) is 5.92 Å². The fourth-order valence-electron chi connectivity index (χ4n) is 5.12. The maximum Gasteiger partial charge on any atom is 0.255 e. The molecule has 0 bridgehead atoms. The second-order valence-electron chi connectivity index (χ2n) is 9.93. The second-order valence-corrected chi connectivity index (χ2v) is 10.3. The van der Waals surface area contributed by atoms with Crippen LogP contribution in [0, 0.1) is 5.92 Å². The van der Waals surface area contributed by atoms with Crippen LogP contribution in [0.4, 0.5) is 5.69 Å². The van der Waals surface area contributed by atoms with Gasteiger partial charge in [0.2, 0.25) is 0 Å². The third-order valence-electron chi connectivity index (χ3n) is 7.19. The van der Waals surface area contributed by atoms with E-state index in [-0.39, 0.29) is 17.6 Å². The summed E-state index contributed by atoms with van der Waals surface area (Å²) in [6.07, 6.45) is 10.4. The molecule has 3 fully saturated rings. The Kier molecular flexibility index (Phi) is 7.29. The largest absolute Gasteiger partial charge is 0.492 e. The summed E-state index contributed by atoms with van der Waals surface area (Å²) in [6, 6.07) is 3.34. The van der Waals surface area contributed by atoms with Crippen molar-refractivity contribution >= 4 is 23.2 Å². The predicted molar refractivity (Wildman–Crippen MR) is 123 cm³/mol. The summed E-state index contributed by atoms with van der Waals surface area (Å²) in [7, 11) is 0. The summed E-state index contributed by atoms with van der Waals surface area (Å²) in [4.78, 5) is 15.0. The maximum absolute atomic E-state index is 13.5. The average molecular weight is 451 g/mol. The highest BCUT2D eigenvalue weighted by molar-refractivity contribution is 6.33. The number of benzene rings is 1. The molecule has 2 unspecified atom stereocenters. The SMILES string of the molecule is Nc1cc(OCC2CC2)c(C(=O)NC2(C[NH+]3CCCC(O)CC3)CCCCC2)cc1Cl. The van der Waals surface area contributed by atoms with Crippen LogP contribution in [-0.2, 0) is 0 Å². The number of halogens is 1. The summed E-state index contributed by atoms with van der Waals surface area (Å²) in [5.74, 6) is 0.992. The van der Waals surface area contributed by atoms with Crippen LogP contribution in [0.1, 0.15) is 74.6 Å². The van der Waals surface area contributed by atoms with Crippen LogP contribution in [-0.4, -0.2) is 48.9 Å². The molecule has 0 radical (unpaired) electrons. The number of rotatable bonds is 7. The summed E-state index contributed by atoms with van der Waals surface area (Å²) in [6.45, 7) is 3.54. The van der Waals surface area contributed by atoms with Gasteiger partial charge in [0.25, 0.3) is 5.91 Å². The topological polar surface area (TPSA) is 89.0 Å². The highest BCUT2D eigenvalue weighted by atomic mass is 35.5. The Bertz CT molecular complexity index is 778. The van der Waals surface area contributed by atoms with E-state index in [1.54, 1.807) is 12.1 Å². The van der Waals surface area contributed by atoms with Crippen LogP contribution in [0.2, 0.25) is 5.02 Å². The molecule has 1 aromatic carbocycles. The molecular formula is C24H37ClN3O3+. The summed E-state index contributed by atoms with van der Waals surface area (Å²) in [5, 5.41) is 13.8. The standard InChI is InChI=1S/C24H36ClN3O3/c25-20-13-19(22(14-21(20)26)31-15-17-6-7-17)23(30)27-24(9-2-1-3-10-24)16-28-11-4-5-18(29)8-12-28/h13-14,17-18,29H,1-12,15-16,26H2,(H,27,30)/p+1. The highest BCUT2D eigenvalue weighted by Crippen LogP contribution is 2.34. The van der Waals surface area contributed by atoms with E-state index in [1.165, 1.54) is 24.2 Å². The number of hydrogen-bond acceptors (Lipinski definition) is 4. The van der Waals surface area contributed by atoms with Crippen molar-refractivity contribution in [3.05, 3.63) is 22.7 Å². The molecule has 1 amide bonds. The van der Waals surface area contributed by atoms with Gasteiger partial charge in [-0.05, 0) is 50.5 Å². The van der Waals surface area contributed by atoms with Crippen LogP contribution < -0.4 is 20.7 Å². The van der Waals surface area contributed by atoms with Gasteiger partial charge in [0.1, 0.15) is 12.3 Å². The quantitative estimate of drug-likeness (QED) is 0.481. The number of amides is 1. The zero-order valence-corrected chi connectivity index (χ0v) is 19.2. The van der Waals surface area contributed by atoms with Gasteiger partial charge in [-0.3, -0.25) is 4.79 Å². The Morgan fingerprint density at radius 2 is 1.94 bits per heavy atom. The number of hydrogen-bond donors (Lipinski definition) is 4. The van der Waals surface area contributed by atoms with E-state index >= 15 is 0 Å². The van der Waals surface area contributed by atoms with Crippen molar-refractivity contribution in [3.63, 3.8) is 0 Å². The Morgan fingerprint density at radius 1 is 1.16 bits per heavy atom. The molecule has 2 atom stereocenters. The normalized spacial score (nSPS) is 26.1. The smallest absolute Gasteiger partial charge is 0.255 e. The number of carbonyl (C=O) groups is 1. The number of carbonyl (C=O) groups excluding carboxylic acids is 1. The molecule has 4 rings (SSSR count). The van der Waals surface area contributed by atoms with Gasteiger partial charge in [-0.1, -0.05) is 30.9 Å². The van der Waals surface area contributed by atoms with Gasteiger partial charge in [-0.2, -0.15) is 0 Å². The molecule has 6 nitrogen and oxygen atoms in total. The van der Waals surface area contributed by atoms with Gasteiger partial charge in [0.15, 0.2) is 0 Å². The Hall–Kier alpha value is -1.50. The Morgan fingerprint density at radius 3 is 2.68 bits per heavy atom. The monoisotopic (exact) mass is 450 g/mol. The van der Waals surface area contributed by atoms with Gasteiger partial charge < -0.3 is 25.8 Å². The van der Waals surface area contributed by atoms with Crippen LogP contribution in [0.5, 0.6) is 5.75 Å². The van der Waals surface area contributed by atoms with Crippen molar-refractivity contribution < 1.29 is 19.5 Å². The molecule has 1 heterocycles. The lowest BCUT2D eigenvalue weighted by atomic mass is 9.80. The number of nitrogens with one attached hydrogen (secondary N) is 2. The Labute approximate surface area is 190 Å². The number of aliphatic hydroxyl groups excluding tert-OH is 1. The lowest BCUT2D eigenvalue weighted by Crippen LogP contribution is -3.14. The molecule has 3 aliphatic rings. The first-order valence-corrected chi connectivity index (χ1v) is 12.4. The minimum absolute atomic E-state index is 0.121. The number of nitrogens with two attached hydrogens (primary N) is 1. The van der Waals surface area contributed by atoms with E-state index < -0.39 is 0 Å². The number of aliphatic hydroxyl groups is 1. The molecule has 0 spiro atoms. The van der Waals surface area contributed by atoms with Gasteiger partial charge in [-0.25, -0.2) is 0 Å². The molecule has 31 heavy (non-hydrogen) atoms. The van der Waals surface area contributed by atoms with E-state index in [0.29, 0.717) is 34.5 Å². The third kappa shape index (κ3) is 6.05. The fourth-order valence-corrected chi connectivity index (χ4v) is 5.29. The van der Waals surface area contributed by atoms with Crippen LogP contribution in [0.25, 0.3) is 0 Å². The van der Waals surface area contributed by atoms with Crippen LogP contribution >= 0.6 is 11.6 Å². The van der Waals surface area contributed by atoms with Gasteiger partial charge in [-0.15, -0.1) is 0 Å². The summed E-state index contributed by atoms with van der Waals surface area (Å²) < 4.78 is 5.99. The van der Waals surface area contributed by atoms with Gasteiger partial charge in [0.05, 0.1) is 47.6 Å². The summed E-state index contributed by atoms with van der Waals surface area (Å²) in [5.41, 5.74) is 6.70. The first-order chi connectivity index (χ1) is 14.9. The molecule has 0 aromatic heterocycles. The lowest BCUT2D eigenvalue weighted by Gasteiger charge is -2.39. The zero-order chi connectivity index (χ0) is 21.8. The first kappa shape index (κ1) is 22.7. The van der Waals surface area contributed by atoms with E-state index in [2.05, 4.69) is 5.32 Å². The molecule has 2 aliphatic carbocycles. The molecule has 1 aliphatic heterocycles. The third-order valence-corrected chi connectivity index (χ3v) is 7.52. The van der Waals surface area contributed by atoms with E-state index in [0.717, 1.165) is 64.6 Å². The van der Waals surface area contributed by atoms with Crippen LogP contribution in [0.3, 0.4) is 0 Å². The van der Waals surface area contributed by atoms with E-state index in [1.807, 2.05) is 0 Å². The molecule has 7 heteroatoms. The summed E-state index contributed by atoms with van der Waals surface area (Å²) >= 11 is 6.28. The number of anilines is 1. The van der Waals surface area contributed by atoms with Crippen molar-refractivity contribution in [2.75, 3.05) is 32.0 Å². The molecule has 172 valence electrons. The minimum Gasteiger partial charge on any atom is -0.492 e. The van der Waals surface area contributed by atoms with Crippen LogP contribution in [0.15, 0.2) is 12.1 Å². The fraction of sp³-hybridized carbons (Fsp3) is 0.708. The van der Waals surface area contributed by atoms with E-state index in [9.17, 15) is 9.90 Å². The first-order valence-electron chi connectivity index (χ1n) is 12.0. The number of quaternary nitrogens is 1. The van der Waals surface area contributed by atoms with Crippen molar-refractivity contribution in [3.8, 4) is 5.75 Å². The minimum atomic E-state index is -0.221.